The second kappa shape index (κ2) is 9.01. The largest absolute Gasteiger partial charge is 0.338 e. The van der Waals surface area contributed by atoms with Gasteiger partial charge in [-0.25, -0.2) is 19.7 Å². The molecule has 35 heavy (non-hydrogen) atoms. The molecule has 0 aliphatic carbocycles. The Morgan fingerprint density at radius 1 is 0.943 bits per heavy atom. The number of hydrogen-bond donors (Lipinski definition) is 1. The number of likely N-dealkylation sites (N-methyl/N-ethyl adjacent to an activating group) is 1. The Hall–Kier alpha value is -3.37. The molecule has 0 aromatic carbocycles. The van der Waals surface area contributed by atoms with Crippen LogP contribution in [0.1, 0.15) is 18.4 Å². The molecule has 2 saturated heterocycles. The first-order valence-corrected chi connectivity index (χ1v) is 12.4. The molecule has 3 aromatic heterocycles. The molecule has 3 aliphatic heterocycles. The number of rotatable bonds is 3. The van der Waals surface area contributed by atoms with Crippen LogP contribution in [0.5, 0.6) is 0 Å². The predicted molar refractivity (Wildman–Crippen MR) is 136 cm³/mol. The van der Waals surface area contributed by atoms with Gasteiger partial charge in [-0.05, 0) is 45.1 Å². The summed E-state index contributed by atoms with van der Waals surface area (Å²) in [5.74, 6) is 0.757. The zero-order chi connectivity index (χ0) is 23.9. The van der Waals surface area contributed by atoms with Gasteiger partial charge >= 0.3 is 6.03 Å². The van der Waals surface area contributed by atoms with Crippen LogP contribution in [0.2, 0.25) is 0 Å². The molecule has 3 aliphatic rings. The second-order valence-corrected chi connectivity index (χ2v) is 9.75. The van der Waals surface area contributed by atoms with Crippen molar-refractivity contribution in [1.29, 1.82) is 0 Å². The van der Waals surface area contributed by atoms with Crippen molar-refractivity contribution in [3.05, 3.63) is 36.3 Å². The molecule has 0 radical (unpaired) electrons. The fourth-order valence-electron chi connectivity index (χ4n) is 5.27. The van der Waals surface area contributed by atoms with E-state index in [-0.39, 0.29) is 12.1 Å². The minimum absolute atomic E-state index is 0.0314. The first kappa shape index (κ1) is 22.1. The van der Waals surface area contributed by atoms with E-state index in [1.807, 2.05) is 42.7 Å². The average Bonchev–Trinajstić information content (AvgIpc) is 2.90. The van der Waals surface area contributed by atoms with Gasteiger partial charge in [-0.1, -0.05) is 0 Å². The van der Waals surface area contributed by atoms with Crippen LogP contribution >= 0.6 is 0 Å². The molecule has 2 amide bonds. The first-order chi connectivity index (χ1) is 17.1. The second-order valence-electron chi connectivity index (χ2n) is 9.75. The van der Waals surface area contributed by atoms with Crippen molar-refractivity contribution < 1.29 is 4.79 Å². The van der Waals surface area contributed by atoms with E-state index in [2.05, 4.69) is 37.1 Å². The lowest BCUT2D eigenvalue weighted by Gasteiger charge is -2.41. The van der Waals surface area contributed by atoms with Gasteiger partial charge in [0.2, 0.25) is 5.95 Å². The number of anilines is 2. The van der Waals surface area contributed by atoms with Crippen molar-refractivity contribution in [1.82, 2.24) is 35.1 Å². The summed E-state index contributed by atoms with van der Waals surface area (Å²) in [6.45, 7) is 6.23. The molecule has 0 unspecified atom stereocenters. The van der Waals surface area contributed by atoms with Gasteiger partial charge in [-0.15, -0.1) is 0 Å². The van der Waals surface area contributed by atoms with Gasteiger partial charge in [0.1, 0.15) is 5.52 Å². The number of pyridine rings is 2. The summed E-state index contributed by atoms with van der Waals surface area (Å²) in [4.78, 5) is 40.6. The van der Waals surface area contributed by atoms with E-state index in [0.717, 1.165) is 91.6 Å². The Balaban J connectivity index is 1.38. The number of nitrogens with zero attached hydrogens (tertiary/aromatic N) is 8. The van der Waals surface area contributed by atoms with Crippen LogP contribution in [0.4, 0.5) is 16.4 Å². The lowest BCUT2D eigenvalue weighted by atomic mass is 10.0. The van der Waals surface area contributed by atoms with Gasteiger partial charge < -0.3 is 20.0 Å². The van der Waals surface area contributed by atoms with Crippen LogP contribution in [-0.2, 0) is 6.54 Å². The van der Waals surface area contributed by atoms with E-state index in [0.29, 0.717) is 6.54 Å². The number of amides is 2. The summed E-state index contributed by atoms with van der Waals surface area (Å²) in [6.07, 6.45) is 7.43. The van der Waals surface area contributed by atoms with Gasteiger partial charge in [-0.2, -0.15) is 0 Å². The molecule has 1 N–H and O–H groups in total. The first-order valence-electron chi connectivity index (χ1n) is 12.4. The van der Waals surface area contributed by atoms with Crippen molar-refractivity contribution in [2.24, 2.45) is 0 Å². The molecular formula is C25H31N9O. The maximum absolute atomic E-state index is 13.3. The number of piperidine rings is 1. The van der Waals surface area contributed by atoms with Crippen molar-refractivity contribution in [3.63, 3.8) is 0 Å². The normalized spacial score (nSPS) is 19.9. The summed E-state index contributed by atoms with van der Waals surface area (Å²) in [6, 6.07) is 4.12. The highest BCUT2D eigenvalue weighted by atomic mass is 16.2. The third-order valence-corrected chi connectivity index (χ3v) is 7.34. The molecule has 6 rings (SSSR count). The highest BCUT2D eigenvalue weighted by Crippen LogP contribution is 2.37. The van der Waals surface area contributed by atoms with Gasteiger partial charge in [0.05, 0.1) is 23.4 Å². The predicted octanol–water partition coefficient (Wildman–Crippen LogP) is 1.96. The lowest BCUT2D eigenvalue weighted by Crippen LogP contribution is -2.53. The van der Waals surface area contributed by atoms with Crippen LogP contribution in [-0.4, -0.2) is 95.2 Å². The van der Waals surface area contributed by atoms with E-state index in [1.54, 1.807) is 4.90 Å². The molecule has 182 valence electrons. The topological polar surface area (TPSA) is 93.6 Å². The molecular weight excluding hydrogens is 442 g/mol. The number of aromatic nitrogens is 4. The van der Waals surface area contributed by atoms with Crippen LogP contribution in [0, 0.1) is 0 Å². The SMILES string of the molecule is CN1CCN(c2ncc(-c3ccc4ncc5c(c4n3)N(C3CCNCC3)C(=O)N(C)C5)cn2)CC1. The zero-order valence-corrected chi connectivity index (χ0v) is 20.3. The Morgan fingerprint density at radius 3 is 2.43 bits per heavy atom. The summed E-state index contributed by atoms with van der Waals surface area (Å²) in [7, 11) is 3.99. The number of hydrogen-bond acceptors (Lipinski definition) is 8. The van der Waals surface area contributed by atoms with Crippen LogP contribution in [0.25, 0.3) is 22.3 Å². The maximum Gasteiger partial charge on any atom is 0.324 e. The fourth-order valence-corrected chi connectivity index (χ4v) is 5.27. The van der Waals surface area contributed by atoms with Crippen LogP contribution in [0.3, 0.4) is 0 Å². The Bertz CT molecular complexity index is 1230. The van der Waals surface area contributed by atoms with Crippen molar-refractivity contribution in [3.8, 4) is 11.3 Å². The Labute approximate surface area is 205 Å². The minimum Gasteiger partial charge on any atom is -0.338 e. The van der Waals surface area contributed by atoms with Crippen LogP contribution in [0.15, 0.2) is 30.7 Å². The minimum atomic E-state index is 0.0314. The summed E-state index contributed by atoms with van der Waals surface area (Å²) < 4.78 is 0. The molecule has 3 aromatic rings. The molecule has 6 heterocycles. The Morgan fingerprint density at radius 2 is 1.69 bits per heavy atom. The van der Waals surface area contributed by atoms with E-state index in [1.165, 1.54) is 0 Å². The Kier molecular flexibility index (Phi) is 5.69. The van der Waals surface area contributed by atoms with E-state index >= 15 is 0 Å². The monoisotopic (exact) mass is 473 g/mol. The maximum atomic E-state index is 13.3. The van der Waals surface area contributed by atoms with Crippen molar-refractivity contribution in [2.75, 3.05) is 63.2 Å². The number of nitrogens with one attached hydrogen (secondary N) is 1. The van der Waals surface area contributed by atoms with Gasteiger partial charge in [0.15, 0.2) is 0 Å². The third kappa shape index (κ3) is 4.06. The van der Waals surface area contributed by atoms with E-state index < -0.39 is 0 Å². The highest BCUT2D eigenvalue weighted by Gasteiger charge is 2.36. The standard InChI is InChI=1S/C25H31N9O/c1-31-9-11-33(12-10-31)24-28-13-17(14-29-24)20-3-4-21-22(30-20)23-18(15-27-21)16-32(2)25(35)34(23)19-5-7-26-8-6-19/h3-4,13-15,19,26H,5-12,16H2,1-2H3. The van der Waals surface area contributed by atoms with Gasteiger partial charge in [0.25, 0.3) is 0 Å². The zero-order valence-electron chi connectivity index (χ0n) is 20.3. The molecule has 10 nitrogen and oxygen atoms in total. The molecule has 0 bridgehead atoms. The van der Waals surface area contributed by atoms with Gasteiger partial charge in [0, 0.05) is 69.0 Å². The number of urea groups is 1. The average molecular weight is 474 g/mol. The van der Waals surface area contributed by atoms with Crippen molar-refractivity contribution in [2.45, 2.75) is 25.4 Å². The molecule has 0 atom stereocenters. The number of carbonyl (C=O) groups is 1. The smallest absolute Gasteiger partial charge is 0.324 e. The fraction of sp³-hybridized carbons (Fsp3) is 0.480. The van der Waals surface area contributed by atoms with Crippen molar-refractivity contribution >= 4 is 28.7 Å². The number of fused-ring (bicyclic) bond motifs is 3. The van der Waals surface area contributed by atoms with E-state index in [4.69, 9.17) is 4.98 Å². The van der Waals surface area contributed by atoms with Gasteiger partial charge in [-0.3, -0.25) is 9.88 Å². The van der Waals surface area contributed by atoms with E-state index in [9.17, 15) is 4.79 Å². The molecule has 2 fully saturated rings. The molecule has 0 saturated carbocycles. The van der Waals surface area contributed by atoms with Crippen LogP contribution < -0.4 is 15.1 Å². The summed E-state index contributed by atoms with van der Waals surface area (Å²) in [5, 5.41) is 3.40. The molecule has 0 spiro atoms. The molecule has 10 heteroatoms. The number of piperazine rings is 1. The lowest BCUT2D eigenvalue weighted by molar-refractivity contribution is 0.205. The summed E-state index contributed by atoms with van der Waals surface area (Å²) >= 11 is 0. The summed E-state index contributed by atoms with van der Waals surface area (Å²) in [5.41, 5.74) is 5.14. The quantitative estimate of drug-likeness (QED) is 0.617. The highest BCUT2D eigenvalue weighted by molar-refractivity contribution is 6.04. The number of carbonyl (C=O) groups excluding carboxylic acids is 1. The third-order valence-electron chi connectivity index (χ3n) is 7.34.